The van der Waals surface area contributed by atoms with Crippen molar-refractivity contribution in [1.29, 1.82) is 0 Å². The van der Waals surface area contributed by atoms with Gasteiger partial charge in [-0.2, -0.15) is 0 Å². The minimum atomic E-state index is -1.16. The molecule has 1 aromatic carbocycles. The summed E-state index contributed by atoms with van der Waals surface area (Å²) in [7, 11) is 0. The van der Waals surface area contributed by atoms with E-state index in [9.17, 15) is 22.8 Å². The third-order valence-electron chi connectivity index (χ3n) is 5.36. The zero-order valence-electron chi connectivity index (χ0n) is 19.2. The van der Waals surface area contributed by atoms with Crippen LogP contribution in [0.2, 0.25) is 0 Å². The topological polar surface area (TPSA) is 75.4 Å². The number of hydrogen-bond donors (Lipinski definition) is 2. The summed E-state index contributed by atoms with van der Waals surface area (Å²) in [5.74, 6) is -2.74. The van der Waals surface area contributed by atoms with Crippen molar-refractivity contribution < 1.29 is 22.8 Å². The monoisotopic (exact) mass is 443 g/mol. The Hall–Kier alpha value is -2.09. The summed E-state index contributed by atoms with van der Waals surface area (Å²) < 4.78 is 38.5. The van der Waals surface area contributed by atoms with Crippen molar-refractivity contribution in [2.45, 2.75) is 78.8 Å². The fraction of sp³-hybridized carbons (Fsp3) is 0.652. The smallest absolute Gasteiger partial charge is 0.225 e. The SMILES string of the molecule is CC(=O)N1CCC[C@H]1CNC(=O)C(C)(C)C.CCC(N)CCc1cc(F)c(F)cc1F. The molecule has 1 unspecified atom stereocenters. The van der Waals surface area contributed by atoms with Gasteiger partial charge in [-0.15, -0.1) is 0 Å². The molecule has 1 aliphatic heterocycles. The molecule has 1 saturated heterocycles. The van der Waals surface area contributed by atoms with E-state index in [-0.39, 0.29) is 34.9 Å². The summed E-state index contributed by atoms with van der Waals surface area (Å²) in [4.78, 5) is 24.8. The number of nitrogens with zero attached hydrogens (tertiary/aromatic N) is 1. The minimum absolute atomic E-state index is 0.0301. The van der Waals surface area contributed by atoms with E-state index in [1.54, 1.807) is 6.92 Å². The van der Waals surface area contributed by atoms with Crippen LogP contribution in [0.4, 0.5) is 13.2 Å². The Morgan fingerprint density at radius 2 is 1.81 bits per heavy atom. The molecular weight excluding hydrogens is 407 g/mol. The van der Waals surface area contributed by atoms with Crippen LogP contribution in [0.25, 0.3) is 0 Å². The average Bonchev–Trinajstić information content (AvgIpc) is 3.16. The lowest BCUT2D eigenvalue weighted by molar-refractivity contribution is -0.132. The molecule has 3 N–H and O–H groups in total. The zero-order chi connectivity index (χ0) is 23.8. The number of aryl methyl sites for hydroxylation is 1. The molecule has 0 aliphatic carbocycles. The second-order valence-corrected chi connectivity index (χ2v) is 9.03. The molecule has 1 aromatic rings. The van der Waals surface area contributed by atoms with Crippen molar-refractivity contribution in [2.24, 2.45) is 11.1 Å². The van der Waals surface area contributed by atoms with Crippen molar-refractivity contribution in [2.75, 3.05) is 13.1 Å². The summed E-state index contributed by atoms with van der Waals surface area (Å²) >= 11 is 0. The van der Waals surface area contributed by atoms with Gasteiger partial charge in [-0.3, -0.25) is 9.59 Å². The van der Waals surface area contributed by atoms with Gasteiger partial charge in [0.05, 0.1) is 0 Å². The molecular formula is C23H36F3N3O2. The molecule has 0 aromatic heterocycles. The number of likely N-dealkylation sites (tertiary alicyclic amines) is 1. The summed E-state index contributed by atoms with van der Waals surface area (Å²) in [6, 6.07) is 1.62. The van der Waals surface area contributed by atoms with Crippen molar-refractivity contribution in [1.82, 2.24) is 10.2 Å². The van der Waals surface area contributed by atoms with E-state index in [0.29, 0.717) is 25.5 Å². The fourth-order valence-electron chi connectivity index (χ4n) is 3.24. The Morgan fingerprint density at radius 3 is 2.35 bits per heavy atom. The van der Waals surface area contributed by atoms with Gasteiger partial charge in [-0.1, -0.05) is 27.7 Å². The molecule has 2 atom stereocenters. The highest BCUT2D eigenvalue weighted by molar-refractivity contribution is 5.81. The van der Waals surface area contributed by atoms with Gasteiger partial charge in [0.25, 0.3) is 0 Å². The largest absolute Gasteiger partial charge is 0.354 e. The van der Waals surface area contributed by atoms with Gasteiger partial charge in [0.2, 0.25) is 11.8 Å². The van der Waals surface area contributed by atoms with Crippen molar-refractivity contribution >= 4 is 11.8 Å². The second kappa shape index (κ2) is 12.1. The van der Waals surface area contributed by atoms with Gasteiger partial charge in [0, 0.05) is 43.6 Å². The lowest BCUT2D eigenvalue weighted by atomic mass is 9.95. The van der Waals surface area contributed by atoms with Crippen LogP contribution in [-0.2, 0) is 16.0 Å². The number of nitrogens with one attached hydrogen (secondary N) is 1. The van der Waals surface area contributed by atoms with Crippen molar-refractivity contribution in [3.05, 3.63) is 35.1 Å². The van der Waals surface area contributed by atoms with E-state index in [1.807, 2.05) is 32.6 Å². The first-order valence-corrected chi connectivity index (χ1v) is 10.8. The Bertz CT molecular complexity index is 750. The molecule has 31 heavy (non-hydrogen) atoms. The predicted molar refractivity (Wildman–Crippen MR) is 116 cm³/mol. The summed E-state index contributed by atoms with van der Waals surface area (Å²) in [5, 5.41) is 2.92. The van der Waals surface area contributed by atoms with E-state index >= 15 is 0 Å². The maximum absolute atomic E-state index is 13.1. The van der Waals surface area contributed by atoms with Gasteiger partial charge in [-0.25, -0.2) is 13.2 Å². The molecule has 1 fully saturated rings. The van der Waals surface area contributed by atoms with Gasteiger partial charge in [-0.05, 0) is 43.7 Å². The molecule has 0 bridgehead atoms. The Balaban J connectivity index is 0.000000311. The van der Waals surface area contributed by atoms with Gasteiger partial charge < -0.3 is 16.0 Å². The van der Waals surface area contributed by atoms with Crippen LogP contribution < -0.4 is 11.1 Å². The van der Waals surface area contributed by atoms with E-state index < -0.39 is 17.5 Å². The highest BCUT2D eigenvalue weighted by Crippen LogP contribution is 2.18. The molecule has 176 valence electrons. The Kier molecular flexibility index (Phi) is 10.5. The third-order valence-corrected chi connectivity index (χ3v) is 5.36. The van der Waals surface area contributed by atoms with Crippen LogP contribution in [0.1, 0.15) is 65.9 Å². The Morgan fingerprint density at radius 1 is 1.19 bits per heavy atom. The fourth-order valence-corrected chi connectivity index (χ4v) is 3.24. The predicted octanol–water partition coefficient (Wildman–Crippen LogP) is 3.93. The van der Waals surface area contributed by atoms with Crippen LogP contribution >= 0.6 is 0 Å². The maximum atomic E-state index is 13.1. The lowest BCUT2D eigenvalue weighted by Gasteiger charge is -2.25. The van der Waals surface area contributed by atoms with Gasteiger partial charge in [0.1, 0.15) is 5.82 Å². The third kappa shape index (κ3) is 8.89. The quantitative estimate of drug-likeness (QED) is 0.654. The molecule has 0 spiro atoms. The number of carbonyl (C=O) groups is 2. The van der Waals surface area contributed by atoms with Crippen LogP contribution in [-0.4, -0.2) is 41.9 Å². The van der Waals surface area contributed by atoms with Gasteiger partial charge >= 0.3 is 0 Å². The number of amides is 2. The molecule has 5 nitrogen and oxygen atoms in total. The van der Waals surface area contributed by atoms with E-state index in [0.717, 1.165) is 31.9 Å². The highest BCUT2D eigenvalue weighted by Gasteiger charge is 2.28. The Labute approximate surface area is 183 Å². The molecule has 1 heterocycles. The lowest BCUT2D eigenvalue weighted by Crippen LogP contribution is -2.45. The van der Waals surface area contributed by atoms with E-state index in [2.05, 4.69) is 5.32 Å². The molecule has 0 saturated carbocycles. The normalized spacial score (nSPS) is 17.1. The van der Waals surface area contributed by atoms with Crippen LogP contribution in [0, 0.1) is 22.9 Å². The summed E-state index contributed by atoms with van der Waals surface area (Å²) in [6.07, 6.45) is 3.71. The van der Waals surface area contributed by atoms with Crippen LogP contribution in [0.5, 0.6) is 0 Å². The van der Waals surface area contributed by atoms with E-state index in [4.69, 9.17) is 5.73 Å². The average molecular weight is 444 g/mol. The van der Waals surface area contributed by atoms with Crippen LogP contribution in [0.3, 0.4) is 0 Å². The minimum Gasteiger partial charge on any atom is -0.354 e. The first kappa shape index (κ1) is 26.9. The summed E-state index contributed by atoms with van der Waals surface area (Å²) in [5.41, 5.74) is 5.47. The van der Waals surface area contributed by atoms with Crippen LogP contribution in [0.15, 0.2) is 12.1 Å². The molecule has 1 aliphatic rings. The molecule has 2 rings (SSSR count). The number of carbonyl (C=O) groups excluding carboxylic acids is 2. The molecule has 8 heteroatoms. The number of nitrogens with two attached hydrogens (primary N) is 1. The number of halogens is 3. The number of rotatable bonds is 6. The first-order chi connectivity index (χ1) is 14.4. The maximum Gasteiger partial charge on any atom is 0.225 e. The number of hydrogen-bond acceptors (Lipinski definition) is 3. The highest BCUT2D eigenvalue weighted by atomic mass is 19.2. The van der Waals surface area contributed by atoms with Crippen molar-refractivity contribution in [3.8, 4) is 0 Å². The molecule has 0 radical (unpaired) electrons. The standard InChI is InChI=1S/C12H22N2O2.C11H14F3N/c1-9(15)14-7-5-6-10(14)8-13-11(16)12(2,3)4;1-2-8(15)4-3-7-5-10(13)11(14)6-9(7)12/h10H,5-8H2,1-4H3,(H,13,16);5-6,8H,2-4,15H2,1H3/t10-;/m0./s1. The zero-order valence-corrected chi connectivity index (χ0v) is 19.2. The van der Waals surface area contributed by atoms with Crippen molar-refractivity contribution in [3.63, 3.8) is 0 Å². The first-order valence-electron chi connectivity index (χ1n) is 10.8. The number of benzene rings is 1. The second-order valence-electron chi connectivity index (χ2n) is 9.03. The van der Waals surface area contributed by atoms with Gasteiger partial charge in [0.15, 0.2) is 11.6 Å². The summed E-state index contributed by atoms with van der Waals surface area (Å²) in [6.45, 7) is 10.6. The molecule has 2 amide bonds. The van der Waals surface area contributed by atoms with E-state index in [1.165, 1.54) is 0 Å².